The second-order valence-electron chi connectivity index (χ2n) is 4.01. The number of nitro groups is 1. The van der Waals surface area contributed by atoms with Gasteiger partial charge in [0.15, 0.2) is 14.8 Å². The van der Waals surface area contributed by atoms with Gasteiger partial charge in [0.25, 0.3) is 0 Å². The van der Waals surface area contributed by atoms with Gasteiger partial charge in [-0.3, -0.25) is 14.9 Å². The standard InChI is InChI=1S/C10H15N3O5S2/c1-3-4-11-8(14)6-12-10-7(13(15)16)5-9(19-10)20(2,17)18/h5,12H,3-4,6H2,1-2H3,(H,11,14). The van der Waals surface area contributed by atoms with Gasteiger partial charge in [0.1, 0.15) is 4.21 Å². The molecule has 0 fully saturated rings. The molecule has 0 atom stereocenters. The van der Waals surface area contributed by atoms with E-state index in [0.717, 1.165) is 30.1 Å². The number of hydrogen-bond acceptors (Lipinski definition) is 7. The molecule has 0 saturated carbocycles. The smallest absolute Gasteiger partial charge is 0.304 e. The van der Waals surface area contributed by atoms with Crippen molar-refractivity contribution in [1.82, 2.24) is 5.32 Å². The van der Waals surface area contributed by atoms with Crippen molar-refractivity contribution >= 4 is 37.8 Å². The van der Waals surface area contributed by atoms with Gasteiger partial charge < -0.3 is 10.6 Å². The van der Waals surface area contributed by atoms with Crippen molar-refractivity contribution in [3.63, 3.8) is 0 Å². The molecule has 1 heterocycles. The van der Waals surface area contributed by atoms with Gasteiger partial charge in [0, 0.05) is 18.9 Å². The Balaban J connectivity index is 2.86. The van der Waals surface area contributed by atoms with Gasteiger partial charge in [-0.05, 0) is 6.42 Å². The molecular weight excluding hydrogens is 306 g/mol. The molecule has 0 saturated heterocycles. The van der Waals surface area contributed by atoms with Crippen LogP contribution in [0, 0.1) is 10.1 Å². The number of nitrogens with zero attached hydrogens (tertiary/aromatic N) is 1. The van der Waals surface area contributed by atoms with Crippen molar-refractivity contribution < 1.29 is 18.1 Å². The number of thiophene rings is 1. The maximum atomic E-state index is 11.4. The highest BCUT2D eigenvalue weighted by molar-refractivity contribution is 7.92. The quantitative estimate of drug-likeness (QED) is 0.571. The molecule has 10 heteroatoms. The zero-order valence-corrected chi connectivity index (χ0v) is 12.6. The van der Waals surface area contributed by atoms with Gasteiger partial charge in [-0.25, -0.2) is 8.42 Å². The Labute approximate surface area is 120 Å². The summed E-state index contributed by atoms with van der Waals surface area (Å²) in [7, 11) is -3.52. The van der Waals surface area contributed by atoms with Crippen molar-refractivity contribution in [2.45, 2.75) is 17.6 Å². The average molecular weight is 321 g/mol. The maximum Gasteiger partial charge on any atom is 0.304 e. The first-order valence-corrected chi connectivity index (χ1v) is 8.45. The molecule has 112 valence electrons. The van der Waals surface area contributed by atoms with Crippen molar-refractivity contribution in [2.24, 2.45) is 0 Å². The first-order chi connectivity index (χ1) is 9.25. The Bertz CT molecular complexity index is 608. The average Bonchev–Trinajstić information content (AvgIpc) is 2.77. The number of amides is 1. The summed E-state index contributed by atoms with van der Waals surface area (Å²) in [6.45, 7) is 2.27. The van der Waals surface area contributed by atoms with Crippen LogP contribution in [0.2, 0.25) is 0 Å². The SMILES string of the molecule is CCCNC(=O)CNc1sc(S(C)(=O)=O)cc1[N+](=O)[O-]. The lowest BCUT2D eigenvalue weighted by molar-refractivity contribution is -0.383. The molecule has 0 aromatic carbocycles. The van der Waals surface area contributed by atoms with E-state index >= 15 is 0 Å². The predicted octanol–water partition coefficient (Wildman–Crippen LogP) is 0.998. The number of carbonyl (C=O) groups is 1. The summed E-state index contributed by atoms with van der Waals surface area (Å²) in [5.74, 6) is -0.310. The topological polar surface area (TPSA) is 118 Å². The molecule has 0 aliphatic carbocycles. The molecule has 0 aliphatic rings. The molecule has 8 nitrogen and oxygen atoms in total. The van der Waals surface area contributed by atoms with E-state index in [1.54, 1.807) is 0 Å². The summed E-state index contributed by atoms with van der Waals surface area (Å²) in [4.78, 5) is 21.6. The minimum Gasteiger partial charge on any atom is -0.362 e. The van der Waals surface area contributed by atoms with E-state index in [0.29, 0.717) is 6.54 Å². The molecule has 1 aromatic heterocycles. The third-order valence-electron chi connectivity index (χ3n) is 2.23. The molecule has 0 spiro atoms. The van der Waals surface area contributed by atoms with Crippen molar-refractivity contribution in [1.29, 1.82) is 0 Å². The van der Waals surface area contributed by atoms with E-state index in [1.807, 2.05) is 6.92 Å². The molecule has 2 N–H and O–H groups in total. The lowest BCUT2D eigenvalue weighted by atomic mass is 10.4. The normalized spacial score (nSPS) is 11.1. The van der Waals surface area contributed by atoms with E-state index in [9.17, 15) is 23.3 Å². The summed E-state index contributed by atoms with van der Waals surface area (Å²) >= 11 is 0.740. The number of hydrogen-bond donors (Lipinski definition) is 2. The lowest BCUT2D eigenvalue weighted by Crippen LogP contribution is -2.30. The fourth-order valence-corrected chi connectivity index (χ4v) is 3.23. The van der Waals surface area contributed by atoms with E-state index in [-0.39, 0.29) is 27.3 Å². The Morgan fingerprint density at radius 3 is 2.65 bits per heavy atom. The molecule has 1 aromatic rings. The number of carbonyl (C=O) groups excluding carboxylic acids is 1. The number of rotatable bonds is 7. The number of anilines is 1. The number of sulfone groups is 1. The van der Waals surface area contributed by atoms with Crippen LogP contribution in [-0.4, -0.2) is 38.6 Å². The zero-order valence-electron chi connectivity index (χ0n) is 11.0. The van der Waals surface area contributed by atoms with Crippen LogP contribution in [0.1, 0.15) is 13.3 Å². The van der Waals surface area contributed by atoms with Crippen LogP contribution in [0.4, 0.5) is 10.7 Å². The Kier molecular flexibility index (Phi) is 5.45. The molecule has 0 radical (unpaired) electrons. The van der Waals surface area contributed by atoms with Crippen LogP contribution in [0.3, 0.4) is 0 Å². The lowest BCUT2D eigenvalue weighted by Gasteiger charge is -2.04. The van der Waals surface area contributed by atoms with E-state index < -0.39 is 14.8 Å². The molecule has 1 amide bonds. The summed E-state index contributed by atoms with van der Waals surface area (Å²) in [6, 6.07) is 0.992. The van der Waals surface area contributed by atoms with Gasteiger partial charge in [-0.1, -0.05) is 18.3 Å². The predicted molar refractivity (Wildman–Crippen MR) is 75.9 cm³/mol. The first kappa shape index (κ1) is 16.4. The fraction of sp³-hybridized carbons (Fsp3) is 0.500. The minimum absolute atomic E-state index is 0.0575. The van der Waals surface area contributed by atoms with Gasteiger partial charge in [0.2, 0.25) is 5.91 Å². The first-order valence-electron chi connectivity index (χ1n) is 5.74. The van der Waals surface area contributed by atoms with Gasteiger partial charge in [-0.2, -0.15) is 0 Å². The molecule has 0 unspecified atom stereocenters. The van der Waals surface area contributed by atoms with Crippen LogP contribution in [0.25, 0.3) is 0 Å². The highest BCUT2D eigenvalue weighted by Gasteiger charge is 2.23. The third kappa shape index (κ3) is 4.46. The Morgan fingerprint density at radius 2 is 2.15 bits per heavy atom. The highest BCUT2D eigenvalue weighted by Crippen LogP contribution is 2.36. The summed E-state index contributed by atoms with van der Waals surface area (Å²) < 4.78 is 22.7. The van der Waals surface area contributed by atoms with Crippen LogP contribution >= 0.6 is 11.3 Å². The van der Waals surface area contributed by atoms with E-state index in [1.165, 1.54) is 0 Å². The van der Waals surface area contributed by atoms with E-state index in [4.69, 9.17) is 0 Å². The minimum atomic E-state index is -3.52. The van der Waals surface area contributed by atoms with Crippen LogP contribution < -0.4 is 10.6 Å². The second kappa shape index (κ2) is 6.66. The van der Waals surface area contributed by atoms with Crippen molar-refractivity contribution in [2.75, 3.05) is 24.7 Å². The summed E-state index contributed by atoms with van der Waals surface area (Å²) in [5, 5.41) is 16.1. The third-order valence-corrected chi connectivity index (χ3v) is 5.12. The zero-order chi connectivity index (χ0) is 15.3. The summed E-state index contributed by atoms with van der Waals surface area (Å²) in [5.41, 5.74) is -0.348. The van der Waals surface area contributed by atoms with Crippen LogP contribution in [-0.2, 0) is 14.6 Å². The van der Waals surface area contributed by atoms with Crippen molar-refractivity contribution in [3.8, 4) is 0 Å². The molecule has 0 bridgehead atoms. The maximum absolute atomic E-state index is 11.4. The Hall–Kier alpha value is -1.68. The fourth-order valence-electron chi connectivity index (χ4n) is 1.29. The largest absolute Gasteiger partial charge is 0.362 e. The van der Waals surface area contributed by atoms with Gasteiger partial charge in [0.05, 0.1) is 11.5 Å². The second-order valence-corrected chi connectivity index (χ2v) is 7.31. The van der Waals surface area contributed by atoms with Crippen LogP contribution in [0.15, 0.2) is 10.3 Å². The Morgan fingerprint density at radius 1 is 1.50 bits per heavy atom. The summed E-state index contributed by atoms with van der Waals surface area (Å²) in [6.07, 6.45) is 1.75. The monoisotopic (exact) mass is 321 g/mol. The molecular formula is C10H15N3O5S2. The van der Waals surface area contributed by atoms with E-state index in [2.05, 4.69) is 10.6 Å². The van der Waals surface area contributed by atoms with Crippen LogP contribution in [0.5, 0.6) is 0 Å². The van der Waals surface area contributed by atoms with Gasteiger partial charge in [-0.15, -0.1) is 0 Å². The number of nitrogens with one attached hydrogen (secondary N) is 2. The molecule has 20 heavy (non-hydrogen) atoms. The van der Waals surface area contributed by atoms with Crippen molar-refractivity contribution in [3.05, 3.63) is 16.2 Å². The molecule has 1 rings (SSSR count). The van der Waals surface area contributed by atoms with Gasteiger partial charge >= 0.3 is 5.69 Å². The molecule has 0 aliphatic heterocycles. The highest BCUT2D eigenvalue weighted by atomic mass is 32.2.